The molecule has 148 valence electrons. The second kappa shape index (κ2) is 7.46. The van der Waals surface area contributed by atoms with Crippen molar-refractivity contribution in [2.45, 2.75) is 18.9 Å². The van der Waals surface area contributed by atoms with Gasteiger partial charge in [-0.15, -0.1) is 0 Å². The summed E-state index contributed by atoms with van der Waals surface area (Å²) in [6.07, 6.45) is 5.17. The fourth-order valence-corrected chi connectivity index (χ4v) is 3.63. The molecule has 0 unspecified atom stereocenters. The first-order valence-electron chi connectivity index (χ1n) is 9.58. The Balaban J connectivity index is 1.28. The van der Waals surface area contributed by atoms with Crippen molar-refractivity contribution in [3.63, 3.8) is 0 Å². The highest BCUT2D eigenvalue weighted by atomic mass is 16.7. The van der Waals surface area contributed by atoms with E-state index in [1.807, 2.05) is 35.2 Å². The molecule has 2 aliphatic rings. The number of H-pyrrole nitrogens is 1. The number of hydrogen-bond donors (Lipinski definition) is 1. The van der Waals surface area contributed by atoms with E-state index in [2.05, 4.69) is 15.2 Å². The van der Waals surface area contributed by atoms with Crippen molar-refractivity contribution in [2.24, 2.45) is 0 Å². The van der Waals surface area contributed by atoms with Crippen LogP contribution in [0.4, 0.5) is 0 Å². The molecule has 1 atom stereocenters. The Morgan fingerprint density at radius 1 is 1.14 bits per heavy atom. The topological polar surface area (TPSA) is 89.6 Å². The van der Waals surface area contributed by atoms with Gasteiger partial charge in [0, 0.05) is 24.5 Å². The van der Waals surface area contributed by atoms with Crippen molar-refractivity contribution in [1.29, 1.82) is 0 Å². The van der Waals surface area contributed by atoms with Crippen LogP contribution < -0.4 is 14.2 Å². The summed E-state index contributed by atoms with van der Waals surface area (Å²) >= 11 is 0. The molecule has 5 rings (SSSR count). The molecule has 0 bridgehead atoms. The van der Waals surface area contributed by atoms with Gasteiger partial charge in [-0.25, -0.2) is 0 Å². The zero-order valence-corrected chi connectivity index (χ0v) is 15.7. The van der Waals surface area contributed by atoms with Gasteiger partial charge in [0.25, 0.3) is 5.91 Å². The van der Waals surface area contributed by atoms with Crippen molar-refractivity contribution in [1.82, 2.24) is 20.1 Å². The largest absolute Gasteiger partial charge is 0.488 e. The van der Waals surface area contributed by atoms with E-state index in [0.29, 0.717) is 36.0 Å². The van der Waals surface area contributed by atoms with Crippen LogP contribution in [-0.4, -0.2) is 52.0 Å². The Morgan fingerprint density at radius 2 is 2.00 bits per heavy atom. The number of benzene rings is 1. The Hall–Kier alpha value is -3.55. The third kappa shape index (κ3) is 3.61. The first-order valence-corrected chi connectivity index (χ1v) is 9.58. The second-order valence-corrected chi connectivity index (χ2v) is 7.05. The number of fused-ring (bicyclic) bond motifs is 1. The standard InChI is InChI=1S/C21H20N4O4/c26-21(25-9-1-2-16(12-25)29-15-5-7-22-8-6-15)18-11-17(23-24-18)14-3-4-19-20(10-14)28-13-27-19/h3-8,10-11,16H,1-2,9,12-13H2,(H,23,24)/t16-/m1/s1. The fourth-order valence-electron chi connectivity index (χ4n) is 3.63. The van der Waals surface area contributed by atoms with Gasteiger partial charge in [0.15, 0.2) is 11.5 Å². The number of ether oxygens (including phenoxy) is 3. The maximum Gasteiger partial charge on any atom is 0.272 e. The number of aromatic nitrogens is 3. The molecule has 1 amide bonds. The zero-order valence-electron chi connectivity index (χ0n) is 15.7. The van der Waals surface area contributed by atoms with Gasteiger partial charge in [-0.05, 0) is 49.2 Å². The van der Waals surface area contributed by atoms with Crippen LogP contribution in [0, 0.1) is 0 Å². The number of amides is 1. The van der Waals surface area contributed by atoms with Gasteiger partial charge in [0.05, 0.1) is 12.2 Å². The van der Waals surface area contributed by atoms with Crippen molar-refractivity contribution in [2.75, 3.05) is 19.9 Å². The summed E-state index contributed by atoms with van der Waals surface area (Å²) < 4.78 is 16.8. The SMILES string of the molecule is O=C(c1cc(-c2ccc3c(c2)OCO3)n[nH]1)N1CCC[C@@H](Oc2ccncc2)C1. The van der Waals surface area contributed by atoms with E-state index in [1.54, 1.807) is 18.5 Å². The third-order valence-corrected chi connectivity index (χ3v) is 5.09. The number of aromatic amines is 1. The van der Waals surface area contributed by atoms with Crippen molar-refractivity contribution in [3.8, 4) is 28.5 Å². The lowest BCUT2D eigenvalue weighted by Crippen LogP contribution is -2.44. The summed E-state index contributed by atoms with van der Waals surface area (Å²) in [6, 6.07) is 11.0. The molecule has 1 aromatic carbocycles. The summed E-state index contributed by atoms with van der Waals surface area (Å²) in [5.74, 6) is 2.10. The predicted octanol–water partition coefficient (Wildman–Crippen LogP) is 2.88. The number of pyridine rings is 1. The molecule has 0 radical (unpaired) electrons. The van der Waals surface area contributed by atoms with Gasteiger partial charge in [-0.2, -0.15) is 5.10 Å². The van der Waals surface area contributed by atoms with E-state index in [4.69, 9.17) is 14.2 Å². The van der Waals surface area contributed by atoms with Crippen LogP contribution in [0.15, 0.2) is 48.8 Å². The van der Waals surface area contributed by atoms with E-state index < -0.39 is 0 Å². The van der Waals surface area contributed by atoms with Gasteiger partial charge in [0.1, 0.15) is 17.5 Å². The van der Waals surface area contributed by atoms with Crippen LogP contribution in [-0.2, 0) is 0 Å². The maximum absolute atomic E-state index is 13.0. The molecule has 4 heterocycles. The second-order valence-electron chi connectivity index (χ2n) is 7.05. The number of nitrogens with one attached hydrogen (secondary N) is 1. The van der Waals surface area contributed by atoms with Crippen LogP contribution in [0.1, 0.15) is 23.3 Å². The highest BCUT2D eigenvalue weighted by molar-refractivity contribution is 5.93. The molecule has 0 spiro atoms. The van der Waals surface area contributed by atoms with Crippen LogP contribution in [0.5, 0.6) is 17.2 Å². The van der Waals surface area contributed by atoms with Crippen LogP contribution >= 0.6 is 0 Å². The smallest absolute Gasteiger partial charge is 0.272 e. The third-order valence-electron chi connectivity index (χ3n) is 5.09. The molecule has 1 fully saturated rings. The van der Waals surface area contributed by atoms with E-state index in [1.165, 1.54) is 0 Å². The molecule has 2 aromatic heterocycles. The highest BCUT2D eigenvalue weighted by Gasteiger charge is 2.27. The van der Waals surface area contributed by atoms with Gasteiger partial charge in [-0.3, -0.25) is 14.9 Å². The molecule has 1 saturated heterocycles. The predicted molar refractivity (Wildman–Crippen MR) is 104 cm³/mol. The normalized spacial score (nSPS) is 17.9. The molecular formula is C21H20N4O4. The van der Waals surface area contributed by atoms with Crippen molar-refractivity contribution < 1.29 is 19.0 Å². The van der Waals surface area contributed by atoms with E-state index in [-0.39, 0.29) is 18.8 Å². The number of carbonyl (C=O) groups excluding carboxylic acids is 1. The Labute approximate surface area is 167 Å². The molecule has 0 aliphatic carbocycles. The lowest BCUT2D eigenvalue weighted by molar-refractivity contribution is 0.0532. The summed E-state index contributed by atoms with van der Waals surface area (Å²) in [4.78, 5) is 18.8. The van der Waals surface area contributed by atoms with E-state index in [0.717, 1.165) is 24.2 Å². The molecule has 1 N–H and O–H groups in total. The molecular weight excluding hydrogens is 372 g/mol. The zero-order chi connectivity index (χ0) is 19.6. The lowest BCUT2D eigenvalue weighted by Gasteiger charge is -2.32. The quantitative estimate of drug-likeness (QED) is 0.734. The van der Waals surface area contributed by atoms with Crippen molar-refractivity contribution in [3.05, 3.63) is 54.5 Å². The number of rotatable bonds is 4. The minimum Gasteiger partial charge on any atom is -0.488 e. The Morgan fingerprint density at radius 3 is 2.90 bits per heavy atom. The molecule has 8 heteroatoms. The number of hydrogen-bond acceptors (Lipinski definition) is 6. The van der Waals surface area contributed by atoms with E-state index in [9.17, 15) is 4.79 Å². The lowest BCUT2D eigenvalue weighted by atomic mass is 10.1. The molecule has 8 nitrogen and oxygen atoms in total. The molecule has 2 aliphatic heterocycles. The number of carbonyl (C=O) groups is 1. The maximum atomic E-state index is 13.0. The van der Waals surface area contributed by atoms with Crippen molar-refractivity contribution >= 4 is 5.91 Å². The molecule has 29 heavy (non-hydrogen) atoms. The fraction of sp³-hybridized carbons (Fsp3) is 0.286. The average Bonchev–Trinajstić information content (AvgIpc) is 3.43. The number of piperidine rings is 1. The Bertz CT molecular complexity index is 1020. The summed E-state index contributed by atoms with van der Waals surface area (Å²) in [5.41, 5.74) is 2.01. The van der Waals surface area contributed by atoms with Gasteiger partial charge in [-0.1, -0.05) is 0 Å². The summed E-state index contributed by atoms with van der Waals surface area (Å²) in [6.45, 7) is 1.47. The average molecular weight is 392 g/mol. The minimum atomic E-state index is -0.0764. The summed E-state index contributed by atoms with van der Waals surface area (Å²) in [7, 11) is 0. The number of likely N-dealkylation sites (tertiary alicyclic amines) is 1. The van der Waals surface area contributed by atoms with Crippen LogP contribution in [0.3, 0.4) is 0 Å². The first-order chi connectivity index (χ1) is 14.3. The van der Waals surface area contributed by atoms with Gasteiger partial charge in [0.2, 0.25) is 6.79 Å². The monoisotopic (exact) mass is 392 g/mol. The number of nitrogens with zero attached hydrogens (tertiary/aromatic N) is 3. The highest BCUT2D eigenvalue weighted by Crippen LogP contribution is 2.35. The molecule has 3 aromatic rings. The Kier molecular flexibility index (Phi) is 4.51. The van der Waals surface area contributed by atoms with Gasteiger partial charge >= 0.3 is 0 Å². The van der Waals surface area contributed by atoms with E-state index >= 15 is 0 Å². The van der Waals surface area contributed by atoms with Crippen LogP contribution in [0.2, 0.25) is 0 Å². The summed E-state index contributed by atoms with van der Waals surface area (Å²) in [5, 5.41) is 7.18. The van der Waals surface area contributed by atoms with Gasteiger partial charge < -0.3 is 19.1 Å². The first kappa shape index (κ1) is 17.5. The van der Waals surface area contributed by atoms with Crippen LogP contribution in [0.25, 0.3) is 11.3 Å². The molecule has 0 saturated carbocycles. The minimum absolute atomic E-state index is 0.0358.